The molecule has 9 nitrogen and oxygen atoms in total. The van der Waals surface area contributed by atoms with Crippen LogP contribution in [0.4, 0.5) is 0 Å². The van der Waals surface area contributed by atoms with Gasteiger partial charge in [-0.3, -0.25) is 9.59 Å². The van der Waals surface area contributed by atoms with Crippen molar-refractivity contribution in [3.63, 3.8) is 0 Å². The van der Waals surface area contributed by atoms with Gasteiger partial charge in [-0.1, -0.05) is 12.1 Å². The molecule has 0 radical (unpaired) electrons. The van der Waals surface area contributed by atoms with Gasteiger partial charge in [-0.15, -0.1) is 11.3 Å². The van der Waals surface area contributed by atoms with E-state index < -0.39 is 6.10 Å². The van der Waals surface area contributed by atoms with Crippen LogP contribution in [0.2, 0.25) is 0 Å². The van der Waals surface area contributed by atoms with Gasteiger partial charge < -0.3 is 24.7 Å². The number of carbonyl (C=O) groups is 2. The Morgan fingerprint density at radius 1 is 1.00 bits per heavy atom. The number of ketones is 1. The van der Waals surface area contributed by atoms with Gasteiger partial charge in [0, 0.05) is 31.7 Å². The number of nitriles is 1. The molecule has 1 fully saturated rings. The lowest BCUT2D eigenvalue weighted by Gasteiger charge is -2.32. The van der Waals surface area contributed by atoms with E-state index in [1.54, 1.807) is 60.7 Å². The molecular weight excluding hydrogens is 540 g/mol. The highest BCUT2D eigenvalue weighted by atomic mass is 32.1. The quantitative estimate of drug-likeness (QED) is 0.313. The molecule has 10 heteroatoms. The predicted octanol–water partition coefficient (Wildman–Crippen LogP) is 3.47. The Bertz CT molecular complexity index is 1550. The van der Waals surface area contributed by atoms with Crippen LogP contribution in [-0.4, -0.2) is 69.9 Å². The standard InChI is InChI=1S/C31H30N4O5S/c1-34-10-12-35(13-11-34)31(39)22-6-8-25(9-7-22)40-30(21-4-2-20(17-32)3-5-21)27(38)16-29-33-26-14-23(18-36)24(19-37)15-28(26)41-29/h2-9,14-15,30,36-37H,10-13,16,18-19H2,1H3. The highest BCUT2D eigenvalue weighted by molar-refractivity contribution is 7.18. The number of rotatable bonds is 9. The molecule has 1 aliphatic rings. The fourth-order valence-corrected chi connectivity index (χ4v) is 5.80. The number of fused-ring (bicyclic) bond motifs is 1. The van der Waals surface area contributed by atoms with E-state index in [9.17, 15) is 25.1 Å². The van der Waals surface area contributed by atoms with Crippen LogP contribution in [0.15, 0.2) is 60.7 Å². The summed E-state index contributed by atoms with van der Waals surface area (Å²) in [6.45, 7) is 2.61. The van der Waals surface area contributed by atoms with Gasteiger partial charge in [-0.2, -0.15) is 5.26 Å². The molecule has 2 N–H and O–H groups in total. The molecule has 2 heterocycles. The molecule has 1 unspecified atom stereocenters. The third-order valence-electron chi connectivity index (χ3n) is 7.20. The Morgan fingerprint density at radius 2 is 1.66 bits per heavy atom. The van der Waals surface area contributed by atoms with Crippen LogP contribution in [0.1, 0.15) is 43.7 Å². The number of ether oxygens (including phenoxy) is 1. The van der Waals surface area contributed by atoms with E-state index in [0.29, 0.717) is 57.2 Å². The molecule has 1 aliphatic heterocycles. The number of thiazole rings is 1. The number of amides is 1. The average molecular weight is 571 g/mol. The van der Waals surface area contributed by atoms with Crippen LogP contribution in [0, 0.1) is 11.3 Å². The molecular formula is C31H30N4O5S. The van der Waals surface area contributed by atoms with E-state index in [1.165, 1.54) is 11.3 Å². The Morgan fingerprint density at radius 3 is 2.29 bits per heavy atom. The van der Waals surface area contributed by atoms with E-state index in [2.05, 4.69) is 16.0 Å². The van der Waals surface area contributed by atoms with Gasteiger partial charge in [0.05, 0.1) is 41.5 Å². The number of hydrogen-bond acceptors (Lipinski definition) is 9. The first-order chi connectivity index (χ1) is 19.9. The van der Waals surface area contributed by atoms with Crippen molar-refractivity contribution in [2.24, 2.45) is 0 Å². The number of aliphatic hydroxyl groups excluding tert-OH is 2. The summed E-state index contributed by atoms with van der Waals surface area (Å²) in [4.78, 5) is 35.2. The maximum absolute atomic E-state index is 13.6. The lowest BCUT2D eigenvalue weighted by molar-refractivity contribution is -0.125. The minimum absolute atomic E-state index is 0.00685. The number of aromatic nitrogens is 1. The van der Waals surface area contributed by atoms with Crippen molar-refractivity contribution in [3.05, 3.63) is 93.5 Å². The van der Waals surface area contributed by atoms with Crippen LogP contribution >= 0.6 is 11.3 Å². The highest BCUT2D eigenvalue weighted by Crippen LogP contribution is 2.30. The van der Waals surface area contributed by atoms with E-state index in [1.807, 2.05) is 11.9 Å². The Kier molecular flexibility index (Phi) is 8.71. The Labute approximate surface area is 241 Å². The maximum Gasteiger partial charge on any atom is 0.253 e. The number of hydrogen-bond donors (Lipinski definition) is 2. The number of benzene rings is 3. The van der Waals surface area contributed by atoms with E-state index in [4.69, 9.17) is 4.74 Å². The number of aliphatic hydroxyl groups is 2. The van der Waals surface area contributed by atoms with Gasteiger partial charge in [-0.05, 0) is 72.3 Å². The summed E-state index contributed by atoms with van der Waals surface area (Å²) in [5.41, 5.74) is 3.49. The largest absolute Gasteiger partial charge is 0.478 e. The molecule has 0 saturated carbocycles. The maximum atomic E-state index is 13.6. The van der Waals surface area contributed by atoms with E-state index >= 15 is 0 Å². The SMILES string of the molecule is CN1CCN(C(=O)c2ccc(OC(C(=O)Cc3nc4cc(CO)c(CO)cc4s3)c3ccc(C#N)cc3)cc2)CC1. The topological polar surface area (TPSA) is 127 Å². The van der Waals surface area contributed by atoms with Crippen molar-refractivity contribution in [3.8, 4) is 11.8 Å². The van der Waals surface area contributed by atoms with Crippen LogP contribution < -0.4 is 4.74 Å². The average Bonchev–Trinajstić information content (AvgIpc) is 3.40. The fourth-order valence-electron chi connectivity index (χ4n) is 4.78. The zero-order chi connectivity index (χ0) is 28.9. The molecule has 3 aromatic carbocycles. The monoisotopic (exact) mass is 570 g/mol. The number of nitrogens with zero attached hydrogens (tertiary/aromatic N) is 4. The van der Waals surface area contributed by atoms with Crippen LogP contribution in [-0.2, 0) is 24.4 Å². The van der Waals surface area contributed by atoms with Crippen molar-refractivity contribution in [1.29, 1.82) is 5.26 Å². The van der Waals surface area contributed by atoms with Crippen LogP contribution in [0.3, 0.4) is 0 Å². The molecule has 1 atom stereocenters. The Hall–Kier alpha value is -4.14. The lowest BCUT2D eigenvalue weighted by atomic mass is 10.0. The third-order valence-corrected chi connectivity index (χ3v) is 8.22. The number of carbonyl (C=O) groups excluding carboxylic acids is 2. The van der Waals surface area contributed by atoms with Crippen LogP contribution in [0.5, 0.6) is 5.75 Å². The molecule has 5 rings (SSSR count). The van der Waals surface area contributed by atoms with Gasteiger partial charge >= 0.3 is 0 Å². The Balaban J connectivity index is 1.37. The van der Waals surface area contributed by atoms with Crippen molar-refractivity contribution < 1.29 is 24.5 Å². The summed E-state index contributed by atoms with van der Waals surface area (Å²) < 4.78 is 7.01. The van der Waals surface area contributed by atoms with E-state index in [0.717, 1.165) is 17.8 Å². The number of Topliss-reactive ketones (excluding diaryl/α,β-unsaturated/α-hetero) is 1. The highest BCUT2D eigenvalue weighted by Gasteiger charge is 2.25. The van der Waals surface area contributed by atoms with Gasteiger partial charge in [0.15, 0.2) is 11.9 Å². The van der Waals surface area contributed by atoms with Gasteiger partial charge in [0.25, 0.3) is 5.91 Å². The fraction of sp³-hybridized carbons (Fsp3) is 0.290. The number of piperazine rings is 1. The van der Waals surface area contributed by atoms with Crippen molar-refractivity contribution in [2.45, 2.75) is 25.7 Å². The summed E-state index contributed by atoms with van der Waals surface area (Å²) in [5, 5.41) is 29.0. The minimum Gasteiger partial charge on any atom is -0.478 e. The second-order valence-electron chi connectivity index (χ2n) is 10.0. The molecule has 210 valence electrons. The van der Waals surface area contributed by atoms with Gasteiger partial charge in [0.2, 0.25) is 0 Å². The second kappa shape index (κ2) is 12.6. The molecule has 1 amide bonds. The first kappa shape index (κ1) is 28.4. The predicted molar refractivity (Wildman–Crippen MR) is 155 cm³/mol. The summed E-state index contributed by atoms with van der Waals surface area (Å²) in [6, 6.07) is 19.1. The first-order valence-corrected chi connectivity index (χ1v) is 14.1. The van der Waals surface area contributed by atoms with E-state index in [-0.39, 0.29) is 31.3 Å². The molecule has 0 spiro atoms. The molecule has 1 aromatic heterocycles. The second-order valence-corrected chi connectivity index (χ2v) is 11.1. The summed E-state index contributed by atoms with van der Waals surface area (Å²) in [7, 11) is 2.04. The molecule has 41 heavy (non-hydrogen) atoms. The zero-order valence-electron chi connectivity index (χ0n) is 22.6. The summed E-state index contributed by atoms with van der Waals surface area (Å²) >= 11 is 1.35. The normalized spacial score (nSPS) is 14.5. The summed E-state index contributed by atoms with van der Waals surface area (Å²) in [5.74, 6) is 0.178. The summed E-state index contributed by atoms with van der Waals surface area (Å²) in [6.07, 6.45) is -0.956. The van der Waals surface area contributed by atoms with Crippen molar-refractivity contribution in [2.75, 3.05) is 33.2 Å². The van der Waals surface area contributed by atoms with Crippen molar-refractivity contribution >= 4 is 33.2 Å². The molecule has 0 bridgehead atoms. The molecule has 1 saturated heterocycles. The number of likely N-dealkylation sites (N-methyl/N-ethyl adjacent to an activating group) is 1. The van der Waals surface area contributed by atoms with Crippen LogP contribution in [0.25, 0.3) is 10.2 Å². The minimum atomic E-state index is -0.963. The zero-order valence-corrected chi connectivity index (χ0v) is 23.4. The molecule has 0 aliphatic carbocycles. The van der Waals surface area contributed by atoms with Crippen molar-refractivity contribution in [1.82, 2.24) is 14.8 Å². The first-order valence-electron chi connectivity index (χ1n) is 13.3. The third kappa shape index (κ3) is 6.45. The van der Waals surface area contributed by atoms with Gasteiger partial charge in [0.1, 0.15) is 10.8 Å². The van der Waals surface area contributed by atoms with Gasteiger partial charge in [-0.25, -0.2) is 4.98 Å². The lowest BCUT2D eigenvalue weighted by Crippen LogP contribution is -2.47. The molecule has 4 aromatic rings. The smallest absolute Gasteiger partial charge is 0.253 e.